The van der Waals surface area contributed by atoms with Crippen molar-refractivity contribution < 1.29 is 19.1 Å². The van der Waals surface area contributed by atoms with Crippen molar-refractivity contribution in [2.75, 3.05) is 18.0 Å². The Kier molecular flexibility index (Phi) is 5.62. The Morgan fingerprint density at radius 2 is 1.73 bits per heavy atom. The Bertz CT molecular complexity index is 1200. The quantitative estimate of drug-likeness (QED) is 0.541. The van der Waals surface area contributed by atoms with Crippen LogP contribution in [0.2, 0.25) is 0 Å². The molecule has 2 saturated heterocycles. The van der Waals surface area contributed by atoms with Crippen molar-refractivity contribution >= 4 is 45.0 Å². The molecule has 0 atom stereocenters. The van der Waals surface area contributed by atoms with Crippen molar-refractivity contribution in [2.24, 2.45) is 0 Å². The van der Waals surface area contributed by atoms with Gasteiger partial charge in [-0.15, -0.1) is 0 Å². The van der Waals surface area contributed by atoms with Gasteiger partial charge in [-0.05, 0) is 43.2 Å². The number of aryl methyl sites for hydroxylation is 2. The van der Waals surface area contributed by atoms with E-state index in [1.165, 1.54) is 10.5 Å². The number of imide groups is 1. The SMILES string of the molecule is Cc1ccc(C)c2sc(OC3CCN(C(=O)c4cccc(N5C(=O)CCC5=O)c4)CC3)nc12. The molecule has 2 aliphatic heterocycles. The Hall–Kier alpha value is -3.26. The second kappa shape index (κ2) is 8.59. The zero-order chi connectivity index (χ0) is 23.1. The molecule has 3 amide bonds. The molecule has 0 aliphatic carbocycles. The molecular formula is C25H25N3O4S. The van der Waals surface area contributed by atoms with E-state index in [0.717, 1.165) is 28.6 Å². The van der Waals surface area contributed by atoms with Crippen LogP contribution in [0, 0.1) is 13.8 Å². The zero-order valence-corrected chi connectivity index (χ0v) is 19.5. The van der Waals surface area contributed by atoms with Crippen molar-refractivity contribution in [3.63, 3.8) is 0 Å². The maximum Gasteiger partial charge on any atom is 0.274 e. The van der Waals surface area contributed by atoms with Gasteiger partial charge in [0.25, 0.3) is 11.1 Å². The highest BCUT2D eigenvalue weighted by Gasteiger charge is 2.31. The van der Waals surface area contributed by atoms with Gasteiger partial charge in [0.15, 0.2) is 0 Å². The van der Waals surface area contributed by atoms with Gasteiger partial charge in [-0.3, -0.25) is 19.3 Å². The number of likely N-dealkylation sites (tertiary alicyclic amines) is 1. The van der Waals surface area contributed by atoms with Crippen LogP contribution in [-0.4, -0.2) is 46.8 Å². The molecule has 3 heterocycles. The van der Waals surface area contributed by atoms with Gasteiger partial charge in [0.1, 0.15) is 6.10 Å². The summed E-state index contributed by atoms with van der Waals surface area (Å²) in [5.41, 5.74) is 4.28. The fraction of sp³-hybridized carbons (Fsp3) is 0.360. The summed E-state index contributed by atoms with van der Waals surface area (Å²) >= 11 is 1.58. The van der Waals surface area contributed by atoms with Crippen LogP contribution in [0.3, 0.4) is 0 Å². The lowest BCUT2D eigenvalue weighted by atomic mass is 10.1. The molecule has 2 aliphatic rings. The van der Waals surface area contributed by atoms with Crippen LogP contribution in [0.1, 0.15) is 47.2 Å². The number of amides is 3. The van der Waals surface area contributed by atoms with Crippen LogP contribution in [0.15, 0.2) is 36.4 Å². The van der Waals surface area contributed by atoms with E-state index in [-0.39, 0.29) is 36.7 Å². The number of piperidine rings is 1. The monoisotopic (exact) mass is 463 g/mol. The number of anilines is 1. The van der Waals surface area contributed by atoms with E-state index in [9.17, 15) is 14.4 Å². The molecule has 0 N–H and O–H groups in total. The van der Waals surface area contributed by atoms with Crippen molar-refractivity contribution in [3.8, 4) is 5.19 Å². The van der Waals surface area contributed by atoms with Crippen molar-refractivity contribution in [3.05, 3.63) is 53.1 Å². The van der Waals surface area contributed by atoms with Crippen molar-refractivity contribution in [1.82, 2.24) is 9.88 Å². The molecule has 0 spiro atoms. The predicted molar refractivity (Wildman–Crippen MR) is 127 cm³/mol. The number of thiazole rings is 1. The predicted octanol–water partition coefficient (Wildman–Crippen LogP) is 4.25. The second-order valence-electron chi connectivity index (χ2n) is 8.64. The van der Waals surface area contributed by atoms with Crippen LogP contribution in [-0.2, 0) is 9.59 Å². The average Bonchev–Trinajstić information content (AvgIpc) is 3.40. The minimum absolute atomic E-state index is 0.0152. The molecule has 33 heavy (non-hydrogen) atoms. The summed E-state index contributed by atoms with van der Waals surface area (Å²) in [6.45, 7) is 5.30. The summed E-state index contributed by atoms with van der Waals surface area (Å²) < 4.78 is 7.34. The third kappa shape index (κ3) is 4.11. The Balaban J connectivity index is 1.23. The highest BCUT2D eigenvalue weighted by molar-refractivity contribution is 7.20. The van der Waals surface area contributed by atoms with E-state index in [2.05, 4.69) is 31.0 Å². The fourth-order valence-corrected chi connectivity index (χ4v) is 5.46. The Morgan fingerprint density at radius 1 is 1.03 bits per heavy atom. The Labute approximate surface area is 196 Å². The number of hydrogen-bond donors (Lipinski definition) is 0. The first kappa shape index (κ1) is 21.6. The van der Waals surface area contributed by atoms with Gasteiger partial charge < -0.3 is 9.64 Å². The van der Waals surface area contributed by atoms with Gasteiger partial charge in [0.05, 0.1) is 15.9 Å². The summed E-state index contributed by atoms with van der Waals surface area (Å²) in [5.74, 6) is -0.536. The van der Waals surface area contributed by atoms with Gasteiger partial charge >= 0.3 is 0 Å². The standard InChI is InChI=1S/C25H25N3O4S/c1-15-6-7-16(2)23-22(15)26-25(33-23)32-19-10-12-27(13-11-19)24(31)17-4-3-5-18(14-17)28-20(29)8-9-21(28)30/h3-7,14,19H,8-13H2,1-2H3. The van der Waals surface area contributed by atoms with Gasteiger partial charge in [0.2, 0.25) is 11.8 Å². The number of fused-ring (bicyclic) bond motifs is 1. The zero-order valence-electron chi connectivity index (χ0n) is 18.7. The first-order valence-electron chi connectivity index (χ1n) is 11.2. The van der Waals surface area contributed by atoms with Gasteiger partial charge in [-0.25, -0.2) is 4.98 Å². The van der Waals surface area contributed by atoms with Crippen molar-refractivity contribution in [1.29, 1.82) is 0 Å². The lowest BCUT2D eigenvalue weighted by molar-refractivity contribution is -0.121. The van der Waals surface area contributed by atoms with Gasteiger partial charge in [0, 0.05) is 44.3 Å². The number of ether oxygens (including phenoxy) is 1. The van der Waals surface area contributed by atoms with Gasteiger partial charge in [-0.2, -0.15) is 0 Å². The molecule has 7 nitrogen and oxygen atoms in total. The van der Waals surface area contributed by atoms with E-state index in [0.29, 0.717) is 29.5 Å². The molecule has 0 saturated carbocycles. The fourth-order valence-electron chi connectivity index (χ4n) is 4.43. The maximum absolute atomic E-state index is 13.1. The molecule has 3 aromatic rings. The number of aromatic nitrogens is 1. The summed E-state index contributed by atoms with van der Waals surface area (Å²) in [7, 11) is 0. The van der Waals surface area contributed by atoms with Crippen LogP contribution >= 0.6 is 11.3 Å². The number of nitrogens with zero attached hydrogens (tertiary/aromatic N) is 3. The van der Waals surface area contributed by atoms with Crippen molar-refractivity contribution in [2.45, 2.75) is 45.6 Å². The largest absolute Gasteiger partial charge is 0.467 e. The molecule has 8 heteroatoms. The first-order valence-corrected chi connectivity index (χ1v) is 12.0. The minimum Gasteiger partial charge on any atom is -0.467 e. The third-order valence-corrected chi connectivity index (χ3v) is 7.40. The number of carbonyl (C=O) groups excluding carboxylic acids is 3. The van der Waals surface area contributed by atoms with Crippen LogP contribution in [0.5, 0.6) is 5.19 Å². The normalized spacial score (nSPS) is 17.3. The van der Waals surface area contributed by atoms with Crippen LogP contribution < -0.4 is 9.64 Å². The number of carbonyl (C=O) groups is 3. The summed E-state index contributed by atoms with van der Waals surface area (Å²) in [6.07, 6.45) is 1.91. The van der Waals surface area contributed by atoms with E-state index in [4.69, 9.17) is 4.74 Å². The van der Waals surface area contributed by atoms with E-state index < -0.39 is 0 Å². The average molecular weight is 464 g/mol. The van der Waals surface area contributed by atoms with E-state index in [1.54, 1.807) is 40.5 Å². The first-order chi connectivity index (χ1) is 15.9. The minimum atomic E-state index is -0.220. The number of hydrogen-bond acceptors (Lipinski definition) is 6. The molecule has 5 rings (SSSR count). The molecule has 170 valence electrons. The number of rotatable bonds is 4. The van der Waals surface area contributed by atoms with E-state index >= 15 is 0 Å². The molecule has 2 fully saturated rings. The molecule has 0 bridgehead atoms. The number of benzene rings is 2. The smallest absolute Gasteiger partial charge is 0.274 e. The highest BCUT2D eigenvalue weighted by Crippen LogP contribution is 2.34. The molecule has 2 aromatic carbocycles. The molecule has 0 radical (unpaired) electrons. The van der Waals surface area contributed by atoms with E-state index in [1.807, 2.05) is 0 Å². The molecule has 0 unspecified atom stereocenters. The second-order valence-corrected chi connectivity index (χ2v) is 9.60. The summed E-state index contributed by atoms with van der Waals surface area (Å²) in [5, 5.41) is 0.680. The molecular weight excluding hydrogens is 438 g/mol. The highest BCUT2D eigenvalue weighted by atomic mass is 32.1. The third-order valence-electron chi connectivity index (χ3n) is 6.32. The lowest BCUT2D eigenvalue weighted by Crippen LogP contribution is -2.41. The van der Waals surface area contributed by atoms with Crippen LogP contribution in [0.25, 0.3) is 10.2 Å². The summed E-state index contributed by atoms with van der Waals surface area (Å²) in [6, 6.07) is 11.0. The molecule has 1 aromatic heterocycles. The summed E-state index contributed by atoms with van der Waals surface area (Å²) in [4.78, 5) is 44.8. The topological polar surface area (TPSA) is 79.8 Å². The maximum atomic E-state index is 13.1. The lowest BCUT2D eigenvalue weighted by Gasteiger charge is -2.31. The van der Waals surface area contributed by atoms with Crippen LogP contribution in [0.4, 0.5) is 5.69 Å². The Morgan fingerprint density at radius 3 is 2.42 bits per heavy atom. The van der Waals surface area contributed by atoms with Gasteiger partial charge in [-0.1, -0.05) is 29.5 Å².